The standard InChI is InChI=1S/C7H3F4.Mn/c8-6-3-1-2-5(4-6)7(9,10)11;/h2-4H;/q-1;. The van der Waals surface area contributed by atoms with Gasteiger partial charge in [-0.2, -0.15) is 25.3 Å². The predicted molar refractivity (Wildman–Crippen MR) is 30.2 cm³/mol. The van der Waals surface area contributed by atoms with E-state index in [0.717, 1.165) is 6.07 Å². The van der Waals surface area contributed by atoms with Crippen LogP contribution in [0.3, 0.4) is 0 Å². The molecular formula is C7H3F4Mn-. The Kier molecular flexibility index (Phi) is 3.74. The zero-order valence-electron chi connectivity index (χ0n) is 5.62. The van der Waals surface area contributed by atoms with Gasteiger partial charge in [0, 0.05) is 22.9 Å². The third-order valence-corrected chi connectivity index (χ3v) is 1.08. The minimum Gasteiger partial charge on any atom is -0.284 e. The molecule has 1 radical (unpaired) electrons. The first-order valence-electron chi connectivity index (χ1n) is 2.74. The van der Waals surface area contributed by atoms with Crippen molar-refractivity contribution in [3.05, 3.63) is 35.6 Å². The van der Waals surface area contributed by atoms with Crippen LogP contribution in [0.25, 0.3) is 0 Å². The monoisotopic (exact) mass is 218 g/mol. The van der Waals surface area contributed by atoms with Crippen LogP contribution in [0.1, 0.15) is 5.56 Å². The van der Waals surface area contributed by atoms with E-state index in [0.29, 0.717) is 12.1 Å². The Morgan fingerprint density at radius 2 is 1.75 bits per heavy atom. The molecule has 0 aliphatic carbocycles. The SMILES string of the molecule is Fc1c[c-]cc(C(F)(F)F)c1.[Mn]. The fourth-order valence-corrected chi connectivity index (χ4v) is 0.607. The summed E-state index contributed by atoms with van der Waals surface area (Å²) in [5.41, 5.74) is -1.02. The second-order valence-corrected chi connectivity index (χ2v) is 1.94. The van der Waals surface area contributed by atoms with Crippen LogP contribution < -0.4 is 0 Å². The van der Waals surface area contributed by atoms with E-state index in [1.165, 1.54) is 0 Å². The van der Waals surface area contributed by atoms with Crippen molar-refractivity contribution in [1.29, 1.82) is 0 Å². The fraction of sp³-hybridized carbons (Fsp3) is 0.143. The predicted octanol–water partition coefficient (Wildman–Crippen LogP) is 2.64. The van der Waals surface area contributed by atoms with Gasteiger partial charge in [0.25, 0.3) is 0 Å². The summed E-state index contributed by atoms with van der Waals surface area (Å²) in [5.74, 6) is -0.931. The molecule has 0 fully saturated rings. The molecule has 0 atom stereocenters. The van der Waals surface area contributed by atoms with Crippen molar-refractivity contribution in [3.8, 4) is 0 Å². The summed E-state index contributed by atoms with van der Waals surface area (Å²) in [6.45, 7) is 0. The third kappa shape index (κ3) is 2.83. The summed E-state index contributed by atoms with van der Waals surface area (Å²) in [4.78, 5) is 0. The largest absolute Gasteiger partial charge is 0.370 e. The number of benzene rings is 1. The molecule has 0 spiro atoms. The van der Waals surface area contributed by atoms with Gasteiger partial charge in [0.2, 0.25) is 0 Å². The summed E-state index contributed by atoms with van der Waals surface area (Å²) >= 11 is 0. The molecule has 1 aromatic rings. The average Bonchev–Trinajstić information content (AvgIpc) is 1.86. The van der Waals surface area contributed by atoms with Gasteiger partial charge in [0.05, 0.1) is 0 Å². The van der Waals surface area contributed by atoms with Crippen LogP contribution in [0.15, 0.2) is 18.2 Å². The maximum atomic E-state index is 12.2. The first-order chi connectivity index (χ1) is 5.00. The minimum atomic E-state index is -4.49. The van der Waals surface area contributed by atoms with Crippen molar-refractivity contribution in [3.63, 3.8) is 0 Å². The van der Waals surface area contributed by atoms with Crippen molar-refractivity contribution in [2.75, 3.05) is 0 Å². The molecule has 12 heavy (non-hydrogen) atoms. The van der Waals surface area contributed by atoms with Crippen LogP contribution in [0.5, 0.6) is 0 Å². The van der Waals surface area contributed by atoms with Crippen molar-refractivity contribution >= 4 is 0 Å². The van der Waals surface area contributed by atoms with Crippen LogP contribution >= 0.6 is 0 Å². The van der Waals surface area contributed by atoms with Gasteiger partial charge >= 0.3 is 6.18 Å². The average molecular weight is 218 g/mol. The molecule has 1 rings (SSSR count). The van der Waals surface area contributed by atoms with Crippen LogP contribution in [0.4, 0.5) is 17.6 Å². The number of hydrogen-bond acceptors (Lipinski definition) is 0. The molecule has 5 heteroatoms. The second kappa shape index (κ2) is 3.92. The van der Waals surface area contributed by atoms with Gasteiger partial charge in [-0.15, -0.1) is 12.1 Å². The summed E-state index contributed by atoms with van der Waals surface area (Å²) in [5, 5.41) is 0. The number of rotatable bonds is 0. The molecule has 0 unspecified atom stereocenters. The van der Waals surface area contributed by atoms with Gasteiger partial charge < -0.3 is 0 Å². The molecule has 0 N–H and O–H groups in total. The van der Waals surface area contributed by atoms with Crippen LogP contribution in [-0.2, 0) is 23.2 Å². The van der Waals surface area contributed by atoms with Gasteiger partial charge in [-0.1, -0.05) is 5.56 Å². The first-order valence-corrected chi connectivity index (χ1v) is 2.74. The Morgan fingerprint density at radius 1 is 1.17 bits per heavy atom. The summed E-state index contributed by atoms with van der Waals surface area (Å²) < 4.78 is 47.5. The van der Waals surface area contributed by atoms with Crippen LogP contribution in [-0.4, -0.2) is 0 Å². The topological polar surface area (TPSA) is 0 Å². The summed E-state index contributed by atoms with van der Waals surface area (Å²) in [7, 11) is 0. The summed E-state index contributed by atoms with van der Waals surface area (Å²) in [6, 6.07) is 4.01. The smallest absolute Gasteiger partial charge is 0.284 e. The molecule has 0 aromatic heterocycles. The normalized spacial score (nSPS) is 10.7. The van der Waals surface area contributed by atoms with E-state index in [2.05, 4.69) is 0 Å². The number of hydrogen-bond donors (Lipinski definition) is 0. The van der Waals surface area contributed by atoms with E-state index >= 15 is 0 Å². The molecule has 1 aromatic carbocycles. The molecule has 0 saturated carbocycles. The zero-order valence-corrected chi connectivity index (χ0v) is 6.80. The Balaban J connectivity index is 0.00000121. The molecule has 0 aliphatic heterocycles. The van der Waals surface area contributed by atoms with Crippen LogP contribution in [0, 0.1) is 11.9 Å². The van der Waals surface area contributed by atoms with E-state index in [9.17, 15) is 17.6 Å². The van der Waals surface area contributed by atoms with Crippen molar-refractivity contribution in [2.45, 2.75) is 6.18 Å². The van der Waals surface area contributed by atoms with Crippen molar-refractivity contribution in [1.82, 2.24) is 0 Å². The van der Waals surface area contributed by atoms with E-state index in [1.54, 1.807) is 0 Å². The number of alkyl halides is 3. The fourth-order valence-electron chi connectivity index (χ4n) is 0.607. The second-order valence-electron chi connectivity index (χ2n) is 1.94. The first kappa shape index (κ1) is 11.5. The molecule has 0 nitrogen and oxygen atoms in total. The quantitative estimate of drug-likeness (QED) is 0.356. The zero-order chi connectivity index (χ0) is 8.48. The van der Waals surface area contributed by atoms with Gasteiger partial charge in [-0.3, -0.25) is 4.39 Å². The molecule has 0 amide bonds. The van der Waals surface area contributed by atoms with Gasteiger partial charge in [0.1, 0.15) is 0 Å². The molecule has 67 valence electrons. The molecule has 0 aliphatic rings. The van der Waals surface area contributed by atoms with Gasteiger partial charge in [0.15, 0.2) is 0 Å². The van der Waals surface area contributed by atoms with Gasteiger partial charge in [-0.05, 0) is 0 Å². The maximum Gasteiger partial charge on any atom is 0.370 e. The Hall–Kier alpha value is -0.541. The molecule has 0 heterocycles. The Morgan fingerprint density at radius 3 is 2.08 bits per heavy atom. The third-order valence-electron chi connectivity index (χ3n) is 1.08. The Bertz CT molecular complexity index is 256. The molecular weight excluding hydrogens is 215 g/mol. The molecule has 0 saturated heterocycles. The van der Waals surface area contributed by atoms with Gasteiger partial charge in [-0.25, -0.2) is 0 Å². The Labute approximate surface area is 77.1 Å². The maximum absolute atomic E-state index is 12.2. The van der Waals surface area contributed by atoms with E-state index in [-0.39, 0.29) is 17.1 Å². The van der Waals surface area contributed by atoms with E-state index < -0.39 is 17.6 Å². The van der Waals surface area contributed by atoms with Crippen molar-refractivity contribution in [2.24, 2.45) is 0 Å². The number of halogens is 4. The minimum absolute atomic E-state index is 0. The van der Waals surface area contributed by atoms with Crippen LogP contribution in [0.2, 0.25) is 0 Å². The van der Waals surface area contributed by atoms with Crippen molar-refractivity contribution < 1.29 is 34.6 Å². The van der Waals surface area contributed by atoms with E-state index in [4.69, 9.17) is 0 Å². The molecule has 0 bridgehead atoms. The summed E-state index contributed by atoms with van der Waals surface area (Å²) in [6.07, 6.45) is -4.49. The van der Waals surface area contributed by atoms with E-state index in [1.807, 2.05) is 6.07 Å².